The van der Waals surface area contributed by atoms with Crippen LogP contribution < -0.4 is 15.0 Å². The third-order valence-electron chi connectivity index (χ3n) is 5.14. The Morgan fingerprint density at radius 3 is 2.33 bits per heavy atom. The van der Waals surface area contributed by atoms with Crippen LogP contribution in [0.3, 0.4) is 0 Å². The number of ether oxygens (including phenoxy) is 1. The molecule has 2 aromatic carbocycles. The first-order valence-corrected chi connectivity index (χ1v) is 11.5. The highest BCUT2D eigenvalue weighted by atomic mass is 35.5. The van der Waals surface area contributed by atoms with Gasteiger partial charge in [0.15, 0.2) is 6.10 Å². The molecule has 9 heteroatoms. The summed E-state index contributed by atoms with van der Waals surface area (Å²) >= 11 is 6.12. The highest BCUT2D eigenvalue weighted by Gasteiger charge is 2.29. The average molecular weight is 452 g/mol. The fourth-order valence-electron chi connectivity index (χ4n) is 3.39. The van der Waals surface area contributed by atoms with Crippen LogP contribution in [0.2, 0.25) is 5.02 Å². The van der Waals surface area contributed by atoms with Crippen LogP contribution in [0, 0.1) is 6.92 Å². The first-order valence-electron chi connectivity index (χ1n) is 9.72. The summed E-state index contributed by atoms with van der Waals surface area (Å²) in [5.74, 6) is 0.186. The second-order valence-corrected chi connectivity index (χ2v) is 9.54. The third kappa shape index (κ3) is 4.88. The van der Waals surface area contributed by atoms with Gasteiger partial charge in [-0.05, 0) is 55.8 Å². The normalized spacial score (nSPS) is 16.2. The molecule has 0 radical (unpaired) electrons. The molecule has 1 fully saturated rings. The number of hydrogen-bond donors (Lipinski definition) is 1. The maximum atomic E-state index is 13.0. The molecule has 0 saturated carbocycles. The van der Waals surface area contributed by atoms with Crippen LogP contribution in [-0.2, 0) is 14.8 Å². The summed E-state index contributed by atoms with van der Waals surface area (Å²) in [6.45, 7) is 5.60. The zero-order chi connectivity index (χ0) is 21.9. The van der Waals surface area contributed by atoms with Crippen LogP contribution in [0.5, 0.6) is 5.75 Å². The number of likely N-dealkylation sites (N-methyl/N-ethyl adjacent to an activating group) is 1. The lowest BCUT2D eigenvalue weighted by atomic mass is 10.1. The zero-order valence-corrected chi connectivity index (χ0v) is 18.8. The molecule has 1 amide bonds. The minimum absolute atomic E-state index is 0.204. The quantitative estimate of drug-likeness (QED) is 0.730. The number of carbonyl (C=O) groups is 1. The number of nitrogens with one attached hydrogen (secondary N) is 1. The van der Waals surface area contributed by atoms with Gasteiger partial charge in [0, 0.05) is 43.9 Å². The van der Waals surface area contributed by atoms with Crippen molar-refractivity contribution in [3.05, 3.63) is 53.1 Å². The topological polar surface area (TPSA) is 78.9 Å². The van der Waals surface area contributed by atoms with Crippen LogP contribution in [0.1, 0.15) is 12.5 Å². The molecule has 1 atom stereocenters. The molecular weight excluding hydrogens is 426 g/mol. The van der Waals surface area contributed by atoms with E-state index < -0.39 is 16.1 Å². The number of amides is 1. The van der Waals surface area contributed by atoms with E-state index in [2.05, 4.69) is 10.2 Å². The van der Waals surface area contributed by atoms with Gasteiger partial charge in [-0.2, -0.15) is 4.31 Å². The van der Waals surface area contributed by atoms with E-state index in [1.54, 1.807) is 19.1 Å². The fourth-order valence-corrected chi connectivity index (χ4v) is 4.98. The highest BCUT2D eigenvalue weighted by Crippen LogP contribution is 2.27. The van der Waals surface area contributed by atoms with E-state index in [4.69, 9.17) is 16.3 Å². The summed E-state index contributed by atoms with van der Waals surface area (Å²) in [6, 6.07) is 11.9. The average Bonchev–Trinajstić information content (AvgIpc) is 2.75. The molecule has 0 unspecified atom stereocenters. The minimum Gasteiger partial charge on any atom is -0.481 e. The first-order chi connectivity index (χ1) is 14.2. The number of carbonyl (C=O) groups excluding carboxylic acids is 1. The van der Waals surface area contributed by atoms with Crippen LogP contribution in [0.25, 0.3) is 0 Å². The van der Waals surface area contributed by atoms with E-state index in [1.165, 1.54) is 23.5 Å². The minimum atomic E-state index is -3.61. The van der Waals surface area contributed by atoms with Crippen molar-refractivity contribution < 1.29 is 17.9 Å². The van der Waals surface area contributed by atoms with Gasteiger partial charge in [-0.15, -0.1) is 0 Å². The standard InChI is InChI=1S/C21H26ClN3O4S/c1-15-4-5-17(22)14-20(15)24-10-12-25(13-11-24)30(27,28)19-8-6-18(7-9-19)29-16(2)21(26)23-3/h4-9,14,16H,10-13H2,1-3H3,(H,23,26)/t16-/m0/s1. The molecule has 1 saturated heterocycles. The summed E-state index contributed by atoms with van der Waals surface area (Å²) in [4.78, 5) is 13.9. The lowest BCUT2D eigenvalue weighted by Crippen LogP contribution is -2.48. The summed E-state index contributed by atoms with van der Waals surface area (Å²) in [5, 5.41) is 3.17. The lowest BCUT2D eigenvalue weighted by Gasteiger charge is -2.36. The Kier molecular flexibility index (Phi) is 6.90. The van der Waals surface area contributed by atoms with Crippen LogP contribution in [0.15, 0.2) is 47.4 Å². The van der Waals surface area contributed by atoms with Crippen molar-refractivity contribution in [2.24, 2.45) is 0 Å². The molecule has 1 N–H and O–H groups in total. The van der Waals surface area contributed by atoms with Gasteiger partial charge in [-0.3, -0.25) is 4.79 Å². The van der Waals surface area contributed by atoms with Gasteiger partial charge in [-0.1, -0.05) is 17.7 Å². The predicted octanol–water partition coefficient (Wildman–Crippen LogP) is 2.67. The lowest BCUT2D eigenvalue weighted by molar-refractivity contribution is -0.126. The Bertz CT molecular complexity index is 1000. The van der Waals surface area contributed by atoms with E-state index in [0.29, 0.717) is 37.0 Å². The number of halogens is 1. The van der Waals surface area contributed by atoms with Crippen molar-refractivity contribution in [2.75, 3.05) is 38.1 Å². The maximum Gasteiger partial charge on any atom is 0.260 e. The molecule has 162 valence electrons. The van der Waals surface area contributed by atoms with Gasteiger partial charge < -0.3 is 15.0 Å². The van der Waals surface area contributed by atoms with E-state index >= 15 is 0 Å². The Balaban J connectivity index is 1.66. The third-order valence-corrected chi connectivity index (χ3v) is 7.29. The molecule has 0 aromatic heterocycles. The van der Waals surface area contributed by atoms with E-state index in [1.807, 2.05) is 25.1 Å². The number of anilines is 1. The highest BCUT2D eigenvalue weighted by molar-refractivity contribution is 7.89. The second-order valence-electron chi connectivity index (χ2n) is 7.17. The maximum absolute atomic E-state index is 13.0. The van der Waals surface area contributed by atoms with Crippen molar-refractivity contribution in [3.63, 3.8) is 0 Å². The van der Waals surface area contributed by atoms with Gasteiger partial charge in [0.25, 0.3) is 5.91 Å². The predicted molar refractivity (Wildman–Crippen MR) is 118 cm³/mol. The summed E-state index contributed by atoms with van der Waals surface area (Å²) in [6.07, 6.45) is -0.666. The summed E-state index contributed by atoms with van der Waals surface area (Å²) in [5.41, 5.74) is 2.14. The number of aryl methyl sites for hydroxylation is 1. The fraction of sp³-hybridized carbons (Fsp3) is 0.381. The molecule has 0 aliphatic carbocycles. The summed E-state index contributed by atoms with van der Waals surface area (Å²) in [7, 11) is -2.07. The Hall–Kier alpha value is -2.29. The van der Waals surface area contributed by atoms with E-state index in [0.717, 1.165) is 11.3 Å². The summed E-state index contributed by atoms with van der Waals surface area (Å²) < 4.78 is 33.1. The van der Waals surface area contributed by atoms with E-state index in [-0.39, 0.29) is 10.8 Å². The van der Waals surface area contributed by atoms with E-state index in [9.17, 15) is 13.2 Å². The number of piperazine rings is 1. The first kappa shape index (κ1) is 22.4. The van der Waals surface area contributed by atoms with Crippen molar-refractivity contribution in [1.29, 1.82) is 0 Å². The van der Waals surface area contributed by atoms with Gasteiger partial charge in [0.1, 0.15) is 5.75 Å². The molecular formula is C21H26ClN3O4S. The number of nitrogens with zero attached hydrogens (tertiary/aromatic N) is 2. The van der Waals surface area contributed by atoms with Crippen LogP contribution in [0.4, 0.5) is 5.69 Å². The molecule has 1 aliphatic rings. The van der Waals surface area contributed by atoms with Crippen molar-refractivity contribution in [3.8, 4) is 5.75 Å². The van der Waals surface area contributed by atoms with Crippen molar-refractivity contribution >= 4 is 33.2 Å². The monoisotopic (exact) mass is 451 g/mol. The smallest absolute Gasteiger partial charge is 0.260 e. The van der Waals surface area contributed by atoms with Crippen molar-refractivity contribution in [1.82, 2.24) is 9.62 Å². The molecule has 3 rings (SSSR count). The number of benzene rings is 2. The van der Waals surface area contributed by atoms with Crippen LogP contribution >= 0.6 is 11.6 Å². The number of sulfonamides is 1. The van der Waals surface area contributed by atoms with Gasteiger partial charge in [-0.25, -0.2) is 8.42 Å². The second kappa shape index (κ2) is 9.24. The molecule has 1 heterocycles. The van der Waals surface area contributed by atoms with Gasteiger partial charge in [0.2, 0.25) is 10.0 Å². The Labute approximate surface area is 182 Å². The largest absolute Gasteiger partial charge is 0.481 e. The Morgan fingerprint density at radius 1 is 1.10 bits per heavy atom. The zero-order valence-electron chi connectivity index (χ0n) is 17.3. The van der Waals surface area contributed by atoms with Crippen molar-refractivity contribution in [2.45, 2.75) is 24.8 Å². The molecule has 30 heavy (non-hydrogen) atoms. The number of rotatable bonds is 6. The van der Waals surface area contributed by atoms with Gasteiger partial charge >= 0.3 is 0 Å². The molecule has 2 aromatic rings. The molecule has 0 spiro atoms. The molecule has 1 aliphatic heterocycles. The number of hydrogen-bond acceptors (Lipinski definition) is 5. The SMILES string of the molecule is CNC(=O)[C@H](C)Oc1ccc(S(=O)(=O)N2CCN(c3cc(Cl)ccc3C)CC2)cc1. The van der Waals surface area contributed by atoms with Crippen LogP contribution in [-0.4, -0.2) is 58.0 Å². The Morgan fingerprint density at radius 2 is 1.73 bits per heavy atom. The molecule has 0 bridgehead atoms. The van der Waals surface area contributed by atoms with Gasteiger partial charge in [0.05, 0.1) is 4.90 Å². The molecule has 7 nitrogen and oxygen atoms in total.